The molecule has 0 amide bonds. The number of nitrogens with one attached hydrogen (secondary N) is 1. The SMILES string of the molecule is COc1ccccc1C(C(C)=O)N1CC[C@@H](OCCCCc2ccc3c(n2)NCCC3)C1. The number of hydrogen-bond acceptors (Lipinski definition) is 6. The minimum Gasteiger partial charge on any atom is -0.496 e. The van der Waals surface area contributed by atoms with Gasteiger partial charge in [0.2, 0.25) is 0 Å². The van der Waals surface area contributed by atoms with E-state index in [1.165, 1.54) is 12.0 Å². The number of anilines is 1. The van der Waals surface area contributed by atoms with Gasteiger partial charge in [0.1, 0.15) is 11.6 Å². The molecule has 32 heavy (non-hydrogen) atoms. The fourth-order valence-corrected chi connectivity index (χ4v) is 4.86. The van der Waals surface area contributed by atoms with Gasteiger partial charge in [-0.25, -0.2) is 4.98 Å². The molecule has 0 spiro atoms. The van der Waals surface area contributed by atoms with Crippen LogP contribution in [0.2, 0.25) is 0 Å². The van der Waals surface area contributed by atoms with E-state index in [9.17, 15) is 4.79 Å². The van der Waals surface area contributed by atoms with E-state index in [1.54, 1.807) is 14.0 Å². The number of aryl methyl sites for hydroxylation is 2. The van der Waals surface area contributed by atoms with Crippen molar-refractivity contribution in [1.29, 1.82) is 0 Å². The van der Waals surface area contributed by atoms with E-state index in [0.29, 0.717) is 0 Å². The van der Waals surface area contributed by atoms with Crippen LogP contribution in [0.4, 0.5) is 5.82 Å². The zero-order valence-electron chi connectivity index (χ0n) is 19.3. The van der Waals surface area contributed by atoms with E-state index in [4.69, 9.17) is 14.5 Å². The fraction of sp³-hybridized carbons (Fsp3) is 0.538. The topological polar surface area (TPSA) is 63.7 Å². The van der Waals surface area contributed by atoms with Crippen molar-refractivity contribution in [2.45, 2.75) is 57.6 Å². The zero-order chi connectivity index (χ0) is 22.3. The van der Waals surface area contributed by atoms with Gasteiger partial charge < -0.3 is 14.8 Å². The van der Waals surface area contributed by atoms with Crippen LogP contribution in [0.3, 0.4) is 0 Å². The molecule has 1 saturated heterocycles. The number of pyridine rings is 1. The van der Waals surface area contributed by atoms with Crippen LogP contribution in [0, 0.1) is 0 Å². The number of ether oxygens (including phenoxy) is 2. The quantitative estimate of drug-likeness (QED) is 0.562. The summed E-state index contributed by atoms with van der Waals surface area (Å²) < 4.78 is 11.7. The molecule has 1 unspecified atom stereocenters. The van der Waals surface area contributed by atoms with Crippen molar-refractivity contribution in [1.82, 2.24) is 9.88 Å². The molecule has 2 aliphatic heterocycles. The lowest BCUT2D eigenvalue weighted by Gasteiger charge is -2.27. The number of aromatic nitrogens is 1. The number of hydrogen-bond donors (Lipinski definition) is 1. The first kappa shape index (κ1) is 22.7. The predicted molar refractivity (Wildman–Crippen MR) is 126 cm³/mol. The van der Waals surface area contributed by atoms with Gasteiger partial charge in [-0.3, -0.25) is 9.69 Å². The number of unbranched alkanes of at least 4 members (excludes halogenated alkanes) is 1. The lowest BCUT2D eigenvalue weighted by molar-refractivity contribution is -0.122. The van der Waals surface area contributed by atoms with Crippen molar-refractivity contribution in [3.05, 3.63) is 53.2 Å². The van der Waals surface area contributed by atoms with E-state index < -0.39 is 0 Å². The van der Waals surface area contributed by atoms with Gasteiger partial charge in [0.15, 0.2) is 5.78 Å². The second kappa shape index (κ2) is 10.9. The smallest absolute Gasteiger partial charge is 0.151 e. The first-order valence-electron chi connectivity index (χ1n) is 11.9. The van der Waals surface area contributed by atoms with Gasteiger partial charge in [0, 0.05) is 37.5 Å². The highest BCUT2D eigenvalue weighted by atomic mass is 16.5. The number of carbonyl (C=O) groups is 1. The minimum atomic E-state index is -0.275. The third-order valence-corrected chi connectivity index (χ3v) is 6.49. The Hall–Kier alpha value is -2.44. The first-order valence-corrected chi connectivity index (χ1v) is 11.9. The van der Waals surface area contributed by atoms with Crippen LogP contribution in [0.1, 0.15) is 55.5 Å². The van der Waals surface area contributed by atoms with Gasteiger partial charge in [-0.2, -0.15) is 0 Å². The number of rotatable bonds is 10. The minimum absolute atomic E-state index is 0.141. The number of para-hydroxylation sites is 1. The molecule has 1 fully saturated rings. The molecule has 2 aromatic rings. The van der Waals surface area contributed by atoms with Crippen molar-refractivity contribution in [2.24, 2.45) is 0 Å². The summed E-state index contributed by atoms with van der Waals surface area (Å²) in [5.41, 5.74) is 3.44. The van der Waals surface area contributed by atoms with Crippen molar-refractivity contribution < 1.29 is 14.3 Å². The largest absolute Gasteiger partial charge is 0.496 e. The summed E-state index contributed by atoms with van der Waals surface area (Å²) in [5.74, 6) is 1.98. The number of ketones is 1. The highest BCUT2D eigenvalue weighted by Crippen LogP contribution is 2.33. The summed E-state index contributed by atoms with van der Waals surface area (Å²) in [7, 11) is 1.65. The van der Waals surface area contributed by atoms with Crippen LogP contribution in [0.15, 0.2) is 36.4 Å². The lowest BCUT2D eigenvalue weighted by atomic mass is 10.0. The molecule has 4 rings (SSSR count). The standard InChI is InChI=1S/C26H35N3O3/c1-19(30)25(23-10-3-4-11-24(23)31-2)29-16-14-22(18-29)32-17-6-5-9-21-13-12-20-8-7-15-27-26(20)28-21/h3-4,10-13,22,25H,5-9,14-18H2,1-2H3,(H,27,28)/t22-,25?/m1/s1. The molecule has 0 bridgehead atoms. The van der Waals surface area contributed by atoms with Crippen molar-refractivity contribution in [3.8, 4) is 5.75 Å². The lowest BCUT2D eigenvalue weighted by Crippen LogP contribution is -2.32. The van der Waals surface area contributed by atoms with Crippen molar-refractivity contribution >= 4 is 11.6 Å². The number of carbonyl (C=O) groups excluding carboxylic acids is 1. The molecule has 1 aromatic heterocycles. The number of methoxy groups -OCH3 is 1. The monoisotopic (exact) mass is 437 g/mol. The molecule has 3 heterocycles. The van der Waals surface area contributed by atoms with Crippen LogP contribution in [-0.2, 0) is 22.4 Å². The average Bonchev–Trinajstić information content (AvgIpc) is 3.27. The summed E-state index contributed by atoms with van der Waals surface area (Å²) in [5, 5.41) is 3.41. The Kier molecular flexibility index (Phi) is 7.76. The van der Waals surface area contributed by atoms with Crippen LogP contribution >= 0.6 is 0 Å². The Bertz CT molecular complexity index is 917. The highest BCUT2D eigenvalue weighted by molar-refractivity contribution is 5.83. The average molecular weight is 438 g/mol. The maximum atomic E-state index is 12.5. The molecule has 6 nitrogen and oxygen atoms in total. The Morgan fingerprint density at radius 1 is 1.25 bits per heavy atom. The van der Waals surface area contributed by atoms with Crippen molar-refractivity contribution in [3.63, 3.8) is 0 Å². The molecule has 172 valence electrons. The molecular weight excluding hydrogens is 402 g/mol. The number of likely N-dealkylation sites (tertiary alicyclic amines) is 1. The summed E-state index contributed by atoms with van der Waals surface area (Å²) in [6.07, 6.45) is 6.52. The summed E-state index contributed by atoms with van der Waals surface area (Å²) in [6, 6.07) is 11.9. The second-order valence-corrected chi connectivity index (χ2v) is 8.83. The second-order valence-electron chi connectivity index (χ2n) is 8.83. The molecule has 6 heteroatoms. The Balaban J connectivity index is 1.22. The number of fused-ring (bicyclic) bond motifs is 1. The maximum absolute atomic E-state index is 12.5. The van der Waals surface area contributed by atoms with Gasteiger partial charge in [-0.05, 0) is 63.1 Å². The van der Waals surface area contributed by atoms with E-state index in [1.807, 2.05) is 24.3 Å². The van der Waals surface area contributed by atoms with Gasteiger partial charge in [-0.1, -0.05) is 24.3 Å². The van der Waals surface area contributed by atoms with Gasteiger partial charge in [0.25, 0.3) is 0 Å². The molecule has 0 saturated carbocycles. The normalized spacial score (nSPS) is 19.2. The van der Waals surface area contributed by atoms with Crippen LogP contribution in [0.5, 0.6) is 5.75 Å². The number of Topliss-reactive ketones (excluding diaryl/α,β-unsaturated/α-hetero) is 1. The predicted octanol–water partition coefficient (Wildman–Crippen LogP) is 4.19. The Morgan fingerprint density at radius 2 is 2.12 bits per heavy atom. The molecule has 2 atom stereocenters. The van der Waals surface area contributed by atoms with Gasteiger partial charge in [0.05, 0.1) is 19.3 Å². The first-order chi connectivity index (χ1) is 15.7. The molecule has 1 N–H and O–H groups in total. The van der Waals surface area contributed by atoms with Gasteiger partial charge in [-0.15, -0.1) is 0 Å². The zero-order valence-corrected chi connectivity index (χ0v) is 19.3. The summed E-state index contributed by atoms with van der Waals surface area (Å²) in [6.45, 7) is 5.08. The number of nitrogens with zero attached hydrogens (tertiary/aromatic N) is 2. The Labute approximate surface area is 191 Å². The van der Waals surface area contributed by atoms with Crippen LogP contribution in [0.25, 0.3) is 0 Å². The summed E-state index contributed by atoms with van der Waals surface area (Å²) >= 11 is 0. The van der Waals surface area contributed by atoms with E-state index in [-0.39, 0.29) is 17.9 Å². The third-order valence-electron chi connectivity index (χ3n) is 6.49. The van der Waals surface area contributed by atoms with Crippen molar-refractivity contribution in [2.75, 3.05) is 38.7 Å². The summed E-state index contributed by atoms with van der Waals surface area (Å²) in [4.78, 5) is 19.5. The molecule has 0 radical (unpaired) electrons. The fourth-order valence-electron chi connectivity index (χ4n) is 4.86. The maximum Gasteiger partial charge on any atom is 0.151 e. The molecule has 1 aromatic carbocycles. The van der Waals surface area contributed by atoms with Gasteiger partial charge >= 0.3 is 0 Å². The van der Waals surface area contributed by atoms with Crippen LogP contribution < -0.4 is 10.1 Å². The highest BCUT2D eigenvalue weighted by Gasteiger charge is 2.33. The van der Waals surface area contributed by atoms with E-state index in [0.717, 1.165) is 81.2 Å². The number of benzene rings is 1. The van der Waals surface area contributed by atoms with E-state index >= 15 is 0 Å². The molecular formula is C26H35N3O3. The Morgan fingerprint density at radius 3 is 2.97 bits per heavy atom. The molecule has 0 aliphatic carbocycles. The van der Waals surface area contributed by atoms with Crippen LogP contribution in [-0.4, -0.2) is 55.1 Å². The van der Waals surface area contributed by atoms with E-state index in [2.05, 4.69) is 22.3 Å². The molecule has 2 aliphatic rings. The third kappa shape index (κ3) is 5.48.